The third kappa shape index (κ3) is 5.19. The van der Waals surface area contributed by atoms with Gasteiger partial charge in [0.2, 0.25) is 5.91 Å². The highest BCUT2D eigenvalue weighted by Crippen LogP contribution is 2.04. The van der Waals surface area contributed by atoms with E-state index in [1.54, 1.807) is 24.3 Å². The summed E-state index contributed by atoms with van der Waals surface area (Å²) >= 11 is 0. The molecule has 112 valence electrons. The molecule has 1 aromatic rings. The van der Waals surface area contributed by atoms with E-state index >= 15 is 0 Å². The van der Waals surface area contributed by atoms with Gasteiger partial charge in [0.1, 0.15) is 0 Å². The molecule has 0 saturated carbocycles. The number of aliphatic hydroxyl groups excluding tert-OH is 1. The Morgan fingerprint density at radius 3 is 2.38 bits per heavy atom. The van der Waals surface area contributed by atoms with Crippen molar-refractivity contribution in [2.45, 2.75) is 13.0 Å². The van der Waals surface area contributed by atoms with E-state index in [1.165, 1.54) is 0 Å². The zero-order valence-electron chi connectivity index (χ0n) is 11.8. The number of carbonyl (C=O) groups excluding carboxylic acids is 3. The Labute approximate surface area is 122 Å². The van der Waals surface area contributed by atoms with Gasteiger partial charge in [0.05, 0.1) is 13.7 Å². The van der Waals surface area contributed by atoms with Crippen molar-refractivity contribution < 1.29 is 24.2 Å². The summed E-state index contributed by atoms with van der Waals surface area (Å²) in [5.41, 5.74) is 1.48. The van der Waals surface area contributed by atoms with Crippen LogP contribution in [0.4, 0.5) is 0 Å². The van der Waals surface area contributed by atoms with Gasteiger partial charge < -0.3 is 15.2 Å². The summed E-state index contributed by atoms with van der Waals surface area (Å²) in [6.07, 6.45) is 2.11. The molecule has 1 rings (SSSR count). The first-order chi connectivity index (χ1) is 9.97. The van der Waals surface area contributed by atoms with E-state index in [1.807, 2.05) is 6.92 Å². The maximum Gasteiger partial charge on any atom is 0.330 e. The Balaban J connectivity index is 2.63. The van der Waals surface area contributed by atoms with Crippen LogP contribution < -0.4 is 5.32 Å². The molecule has 0 heterocycles. The molecule has 0 fully saturated rings. The molecular weight excluding hydrogens is 274 g/mol. The van der Waals surface area contributed by atoms with E-state index in [4.69, 9.17) is 5.11 Å². The number of ether oxygens (including phenoxy) is 1. The number of aryl methyl sites for hydroxylation is 1. The molecule has 1 amide bonds. The minimum atomic E-state index is -1.15. The van der Waals surface area contributed by atoms with Crippen LogP contribution in [0.2, 0.25) is 0 Å². The Morgan fingerprint density at radius 1 is 1.24 bits per heavy atom. The molecular formula is C15H17NO5. The van der Waals surface area contributed by atoms with Gasteiger partial charge in [-0.25, -0.2) is 4.79 Å². The van der Waals surface area contributed by atoms with Crippen molar-refractivity contribution in [3.8, 4) is 0 Å². The summed E-state index contributed by atoms with van der Waals surface area (Å²) < 4.78 is 4.41. The minimum absolute atomic E-state index is 0.330. The van der Waals surface area contributed by atoms with Crippen LogP contribution in [0.25, 0.3) is 0 Å². The van der Waals surface area contributed by atoms with E-state index in [0.717, 1.165) is 24.8 Å². The lowest BCUT2D eigenvalue weighted by Gasteiger charge is -2.11. The van der Waals surface area contributed by atoms with Crippen LogP contribution in [0, 0.1) is 6.92 Å². The minimum Gasteiger partial charge on any atom is -0.467 e. The summed E-state index contributed by atoms with van der Waals surface area (Å²) in [6.45, 7) is 1.32. The van der Waals surface area contributed by atoms with Crippen LogP contribution in [0.5, 0.6) is 0 Å². The number of allylic oxidation sites excluding steroid dienone is 1. The Bertz CT molecular complexity index is 548. The zero-order valence-corrected chi connectivity index (χ0v) is 11.8. The van der Waals surface area contributed by atoms with Gasteiger partial charge in [0.15, 0.2) is 11.8 Å². The lowest BCUT2D eigenvalue weighted by molar-refractivity contribution is -0.145. The fourth-order valence-corrected chi connectivity index (χ4v) is 1.51. The summed E-state index contributed by atoms with van der Waals surface area (Å²) in [5.74, 6) is -1.76. The van der Waals surface area contributed by atoms with Crippen molar-refractivity contribution >= 4 is 17.7 Å². The molecule has 6 nitrogen and oxygen atoms in total. The number of hydrogen-bond acceptors (Lipinski definition) is 5. The van der Waals surface area contributed by atoms with Gasteiger partial charge in [-0.1, -0.05) is 29.8 Å². The van der Waals surface area contributed by atoms with Crippen LogP contribution in [0.3, 0.4) is 0 Å². The summed E-state index contributed by atoms with van der Waals surface area (Å²) in [7, 11) is 1.15. The van der Waals surface area contributed by atoms with Crippen LogP contribution >= 0.6 is 0 Å². The van der Waals surface area contributed by atoms with Crippen molar-refractivity contribution in [3.63, 3.8) is 0 Å². The molecule has 6 heteroatoms. The molecule has 0 aliphatic rings. The third-order valence-electron chi connectivity index (χ3n) is 2.71. The van der Waals surface area contributed by atoms with Gasteiger partial charge in [-0.3, -0.25) is 9.59 Å². The average Bonchev–Trinajstić information content (AvgIpc) is 2.50. The van der Waals surface area contributed by atoms with Crippen molar-refractivity contribution in [3.05, 3.63) is 47.5 Å². The molecule has 0 radical (unpaired) electrons. The monoisotopic (exact) mass is 291 g/mol. The van der Waals surface area contributed by atoms with Crippen molar-refractivity contribution in [2.24, 2.45) is 0 Å². The number of carbonyl (C=O) groups is 3. The number of rotatable bonds is 6. The second-order valence-corrected chi connectivity index (χ2v) is 4.33. The maximum atomic E-state index is 11.8. The zero-order chi connectivity index (χ0) is 15.8. The first kappa shape index (κ1) is 16.6. The Kier molecular flexibility index (Phi) is 6.29. The first-order valence-electron chi connectivity index (χ1n) is 6.26. The molecule has 0 saturated heterocycles. The molecule has 1 aromatic carbocycles. The number of benzene rings is 1. The SMILES string of the molecule is COC(=O)[C@H](CO)NC(=O)/C=C/C(=O)c1ccc(C)cc1. The highest BCUT2D eigenvalue weighted by molar-refractivity contribution is 6.07. The molecule has 0 aliphatic heterocycles. The topological polar surface area (TPSA) is 92.7 Å². The van der Waals surface area contributed by atoms with Crippen LogP contribution in [0.15, 0.2) is 36.4 Å². The molecule has 0 aromatic heterocycles. The predicted molar refractivity (Wildman–Crippen MR) is 75.7 cm³/mol. The van der Waals surface area contributed by atoms with Crippen LogP contribution in [-0.2, 0) is 14.3 Å². The highest BCUT2D eigenvalue weighted by Gasteiger charge is 2.19. The van der Waals surface area contributed by atoms with E-state index < -0.39 is 24.5 Å². The van der Waals surface area contributed by atoms with E-state index in [9.17, 15) is 14.4 Å². The largest absolute Gasteiger partial charge is 0.467 e. The van der Waals surface area contributed by atoms with Crippen molar-refractivity contribution in [2.75, 3.05) is 13.7 Å². The predicted octanol–water partition coefficient (Wildman–Crippen LogP) is 0.384. The summed E-state index contributed by atoms with van der Waals surface area (Å²) in [5, 5.41) is 11.2. The molecule has 0 bridgehead atoms. The number of aliphatic hydroxyl groups is 1. The molecule has 1 atom stereocenters. The number of esters is 1. The number of hydrogen-bond donors (Lipinski definition) is 2. The standard InChI is InChI=1S/C15H17NO5/c1-10-3-5-11(6-4-10)13(18)7-8-14(19)16-12(9-17)15(20)21-2/h3-8,12,17H,9H2,1-2H3,(H,16,19)/b8-7+/t12-/m0/s1. The highest BCUT2D eigenvalue weighted by atomic mass is 16.5. The van der Waals surface area contributed by atoms with Crippen LogP contribution in [-0.4, -0.2) is 42.5 Å². The lowest BCUT2D eigenvalue weighted by Crippen LogP contribution is -2.43. The molecule has 0 aliphatic carbocycles. The lowest BCUT2D eigenvalue weighted by atomic mass is 10.1. The van der Waals surface area contributed by atoms with Crippen molar-refractivity contribution in [1.82, 2.24) is 5.32 Å². The second kappa shape index (κ2) is 7.96. The van der Waals surface area contributed by atoms with E-state index in [0.29, 0.717) is 5.56 Å². The quantitative estimate of drug-likeness (QED) is 0.449. The number of ketones is 1. The van der Waals surface area contributed by atoms with E-state index in [2.05, 4.69) is 10.1 Å². The van der Waals surface area contributed by atoms with Gasteiger partial charge in [-0.2, -0.15) is 0 Å². The third-order valence-corrected chi connectivity index (χ3v) is 2.71. The molecule has 0 spiro atoms. The smallest absolute Gasteiger partial charge is 0.330 e. The van der Waals surface area contributed by atoms with Gasteiger partial charge in [-0.15, -0.1) is 0 Å². The maximum absolute atomic E-state index is 11.8. The fourth-order valence-electron chi connectivity index (χ4n) is 1.51. The van der Waals surface area contributed by atoms with E-state index in [-0.39, 0.29) is 5.78 Å². The average molecular weight is 291 g/mol. The normalized spacial score (nSPS) is 12.0. The second-order valence-electron chi connectivity index (χ2n) is 4.33. The van der Waals surface area contributed by atoms with Gasteiger partial charge in [0.25, 0.3) is 0 Å². The Morgan fingerprint density at radius 2 is 1.86 bits per heavy atom. The summed E-state index contributed by atoms with van der Waals surface area (Å²) in [6, 6.07) is 5.75. The number of nitrogens with one attached hydrogen (secondary N) is 1. The fraction of sp³-hybridized carbons (Fsp3) is 0.267. The molecule has 2 N–H and O–H groups in total. The number of methoxy groups -OCH3 is 1. The Hall–Kier alpha value is -2.47. The number of amides is 1. The molecule has 0 unspecified atom stereocenters. The summed E-state index contributed by atoms with van der Waals surface area (Å²) in [4.78, 5) is 34.5. The first-order valence-corrected chi connectivity index (χ1v) is 6.26. The van der Waals surface area contributed by atoms with Crippen LogP contribution in [0.1, 0.15) is 15.9 Å². The van der Waals surface area contributed by atoms with Gasteiger partial charge in [-0.05, 0) is 13.0 Å². The van der Waals surface area contributed by atoms with Gasteiger partial charge >= 0.3 is 5.97 Å². The van der Waals surface area contributed by atoms with Crippen molar-refractivity contribution in [1.29, 1.82) is 0 Å². The van der Waals surface area contributed by atoms with Gasteiger partial charge in [0, 0.05) is 11.6 Å². The molecule has 21 heavy (non-hydrogen) atoms.